The Morgan fingerprint density at radius 3 is 2.87 bits per heavy atom. The lowest BCUT2D eigenvalue weighted by atomic mass is 10.3. The number of pyridine rings is 1. The average molecular weight is 264 g/mol. The summed E-state index contributed by atoms with van der Waals surface area (Å²) in [7, 11) is -2.42. The number of nitrogens with zero attached hydrogens (tertiary/aromatic N) is 2. The molecule has 0 aliphatic rings. The molecule has 1 unspecified atom stereocenters. The number of hydrogen-bond acceptors (Lipinski definition) is 3. The highest BCUT2D eigenvalue weighted by Gasteiger charge is 2.04. The maximum absolute atomic E-state index is 11.9. The van der Waals surface area contributed by atoms with Gasteiger partial charge in [0.25, 0.3) is 0 Å². The predicted molar refractivity (Wildman–Crippen MR) is 66.2 cm³/mol. The van der Waals surface area contributed by atoms with E-state index in [4.69, 9.17) is 17.3 Å². The molecule has 0 bridgehead atoms. The summed E-state index contributed by atoms with van der Waals surface area (Å²) in [5, 5.41) is 0.303. The van der Waals surface area contributed by atoms with Crippen molar-refractivity contribution in [1.82, 2.24) is 4.98 Å². The quantitative estimate of drug-likeness (QED) is 0.650. The number of nitrogens with two attached hydrogens (primary N) is 1. The molecule has 0 aromatic carbocycles. The van der Waals surface area contributed by atoms with E-state index < -0.39 is 9.73 Å². The van der Waals surface area contributed by atoms with Crippen LogP contribution in [0.25, 0.3) is 0 Å². The number of rotatable bonds is 2. The highest BCUT2D eigenvalue weighted by molar-refractivity contribution is 7.93. The van der Waals surface area contributed by atoms with E-state index in [2.05, 4.69) is 21.6 Å². The standard InChI is InChI=1S/C8H10ClN3OS2/c1-15(13,12-8(10)14)5-6-2-3-7(9)11-4-6/h2-4H,5H2,1H3,(H2,10,14). The summed E-state index contributed by atoms with van der Waals surface area (Å²) >= 11 is 10.2. The fraction of sp³-hybridized carbons (Fsp3) is 0.250. The van der Waals surface area contributed by atoms with Gasteiger partial charge in [0.05, 0.1) is 15.5 Å². The summed E-state index contributed by atoms with van der Waals surface area (Å²) in [5.74, 6) is 0.258. The molecular weight excluding hydrogens is 254 g/mol. The first-order valence-corrected chi connectivity index (χ1v) is 6.86. The summed E-state index contributed by atoms with van der Waals surface area (Å²) < 4.78 is 15.6. The third-order valence-electron chi connectivity index (χ3n) is 1.51. The third-order valence-corrected chi connectivity index (χ3v) is 3.39. The zero-order valence-corrected chi connectivity index (χ0v) is 10.4. The summed E-state index contributed by atoms with van der Waals surface area (Å²) in [4.78, 5) is 3.88. The summed E-state index contributed by atoms with van der Waals surface area (Å²) in [6.45, 7) is 0. The Hall–Kier alpha value is -0.720. The topological polar surface area (TPSA) is 68.3 Å². The largest absolute Gasteiger partial charge is 0.374 e. The molecule has 1 atom stereocenters. The lowest BCUT2D eigenvalue weighted by Gasteiger charge is -2.03. The van der Waals surface area contributed by atoms with Gasteiger partial charge in [-0.05, 0) is 23.8 Å². The van der Waals surface area contributed by atoms with Crippen molar-refractivity contribution in [3.63, 3.8) is 0 Å². The van der Waals surface area contributed by atoms with Crippen molar-refractivity contribution in [2.24, 2.45) is 10.1 Å². The van der Waals surface area contributed by atoms with Gasteiger partial charge in [0.2, 0.25) is 0 Å². The molecule has 1 rings (SSSR count). The first-order chi connectivity index (χ1) is 6.89. The Balaban J connectivity index is 2.92. The van der Waals surface area contributed by atoms with Crippen molar-refractivity contribution in [2.45, 2.75) is 5.75 Å². The number of hydrogen-bond donors (Lipinski definition) is 1. The van der Waals surface area contributed by atoms with E-state index in [1.165, 1.54) is 6.26 Å². The van der Waals surface area contributed by atoms with E-state index in [9.17, 15) is 4.21 Å². The molecule has 0 saturated heterocycles. The minimum atomic E-state index is -2.42. The van der Waals surface area contributed by atoms with Gasteiger partial charge in [0.1, 0.15) is 5.15 Å². The van der Waals surface area contributed by atoms with Crippen molar-refractivity contribution >= 4 is 38.7 Å². The van der Waals surface area contributed by atoms with E-state index in [-0.39, 0.29) is 10.9 Å². The van der Waals surface area contributed by atoms with Crippen molar-refractivity contribution in [2.75, 3.05) is 6.26 Å². The molecule has 15 heavy (non-hydrogen) atoms. The van der Waals surface area contributed by atoms with Gasteiger partial charge in [-0.1, -0.05) is 17.7 Å². The van der Waals surface area contributed by atoms with Crippen LogP contribution < -0.4 is 5.73 Å². The van der Waals surface area contributed by atoms with E-state index in [0.717, 1.165) is 5.56 Å². The minimum Gasteiger partial charge on any atom is -0.374 e. The molecule has 0 saturated carbocycles. The van der Waals surface area contributed by atoms with Gasteiger partial charge < -0.3 is 5.73 Å². The number of thiocarbonyl (C=S) groups is 1. The van der Waals surface area contributed by atoms with Crippen LogP contribution in [0.3, 0.4) is 0 Å². The summed E-state index contributed by atoms with van der Waals surface area (Å²) in [5.41, 5.74) is 5.99. The molecule has 7 heteroatoms. The fourth-order valence-corrected chi connectivity index (χ4v) is 2.84. The molecule has 4 nitrogen and oxygen atoms in total. The molecule has 1 aromatic rings. The lowest BCUT2D eigenvalue weighted by Crippen LogP contribution is -2.10. The molecule has 0 spiro atoms. The molecule has 0 aliphatic heterocycles. The molecule has 0 aliphatic carbocycles. The second-order valence-electron chi connectivity index (χ2n) is 3.02. The van der Waals surface area contributed by atoms with E-state index >= 15 is 0 Å². The first-order valence-electron chi connectivity index (χ1n) is 3.99. The van der Waals surface area contributed by atoms with Gasteiger partial charge in [-0.3, -0.25) is 0 Å². The highest BCUT2D eigenvalue weighted by atomic mass is 35.5. The lowest BCUT2D eigenvalue weighted by molar-refractivity contribution is 0.680. The fourth-order valence-electron chi connectivity index (χ4n) is 1.02. The maximum Gasteiger partial charge on any atom is 0.198 e. The molecular formula is C8H10ClN3OS2. The van der Waals surface area contributed by atoms with Crippen LogP contribution in [0.1, 0.15) is 5.56 Å². The zero-order valence-electron chi connectivity index (χ0n) is 8.01. The zero-order chi connectivity index (χ0) is 11.5. The van der Waals surface area contributed by atoms with Crippen LogP contribution in [0, 0.1) is 0 Å². The van der Waals surface area contributed by atoms with Gasteiger partial charge >= 0.3 is 0 Å². The number of halogens is 1. The van der Waals surface area contributed by atoms with Crippen molar-refractivity contribution in [3.05, 3.63) is 29.0 Å². The third kappa shape index (κ3) is 4.55. The predicted octanol–water partition coefficient (Wildman–Crippen LogP) is 1.58. The van der Waals surface area contributed by atoms with E-state index in [1.807, 2.05) is 0 Å². The van der Waals surface area contributed by atoms with Crippen LogP contribution >= 0.6 is 23.8 Å². The van der Waals surface area contributed by atoms with Crippen LogP contribution in [0.15, 0.2) is 22.7 Å². The average Bonchev–Trinajstić information content (AvgIpc) is 2.06. The van der Waals surface area contributed by atoms with Gasteiger partial charge in [-0.2, -0.15) is 4.36 Å². The Kier molecular flexibility index (Phi) is 4.01. The maximum atomic E-state index is 11.9. The van der Waals surface area contributed by atoms with Crippen molar-refractivity contribution in [3.8, 4) is 0 Å². The van der Waals surface area contributed by atoms with Crippen LogP contribution in [-0.4, -0.2) is 20.6 Å². The van der Waals surface area contributed by atoms with Gasteiger partial charge in [-0.25, -0.2) is 9.19 Å². The summed E-state index contributed by atoms with van der Waals surface area (Å²) in [6.07, 6.45) is 3.06. The Labute approximate surface area is 99.0 Å². The molecule has 0 amide bonds. The van der Waals surface area contributed by atoms with Crippen LogP contribution in [0.2, 0.25) is 5.15 Å². The van der Waals surface area contributed by atoms with Crippen molar-refractivity contribution in [1.29, 1.82) is 0 Å². The Morgan fingerprint density at radius 1 is 1.73 bits per heavy atom. The van der Waals surface area contributed by atoms with E-state index in [1.54, 1.807) is 18.3 Å². The highest BCUT2D eigenvalue weighted by Crippen LogP contribution is 2.09. The monoisotopic (exact) mass is 263 g/mol. The molecule has 1 heterocycles. The van der Waals surface area contributed by atoms with Crippen LogP contribution in [0.4, 0.5) is 0 Å². The smallest absolute Gasteiger partial charge is 0.198 e. The second-order valence-corrected chi connectivity index (χ2v) is 6.22. The Morgan fingerprint density at radius 2 is 2.40 bits per heavy atom. The van der Waals surface area contributed by atoms with Crippen molar-refractivity contribution < 1.29 is 4.21 Å². The minimum absolute atomic E-state index is 0.0931. The number of aromatic nitrogens is 1. The van der Waals surface area contributed by atoms with Crippen LogP contribution in [-0.2, 0) is 15.5 Å². The molecule has 0 radical (unpaired) electrons. The van der Waals surface area contributed by atoms with E-state index in [0.29, 0.717) is 5.15 Å². The molecule has 2 N–H and O–H groups in total. The first kappa shape index (κ1) is 12.4. The summed E-state index contributed by atoms with van der Waals surface area (Å²) in [6, 6.07) is 3.38. The second kappa shape index (κ2) is 4.87. The van der Waals surface area contributed by atoms with Crippen LogP contribution in [0.5, 0.6) is 0 Å². The normalized spacial score (nSPS) is 14.3. The molecule has 0 fully saturated rings. The van der Waals surface area contributed by atoms with Gasteiger partial charge in [-0.15, -0.1) is 0 Å². The van der Waals surface area contributed by atoms with Gasteiger partial charge in [0, 0.05) is 12.5 Å². The SMILES string of the molecule is CS(=O)(Cc1ccc(Cl)nc1)=NC(N)=S. The molecule has 1 aromatic heterocycles. The Bertz CT molecular complexity index is 477. The van der Waals surface area contributed by atoms with Gasteiger partial charge in [0.15, 0.2) is 5.11 Å². The molecule has 82 valence electrons.